The van der Waals surface area contributed by atoms with Crippen molar-refractivity contribution in [2.24, 2.45) is 0 Å². The molecule has 2 nitrogen and oxygen atoms in total. The first-order valence-corrected chi connectivity index (χ1v) is 23.3. The summed E-state index contributed by atoms with van der Waals surface area (Å²) in [5.41, 5.74) is 19.2. The van der Waals surface area contributed by atoms with Gasteiger partial charge in [-0.2, -0.15) is 0 Å². The monoisotopic (exact) mass is 826 g/mol. The van der Waals surface area contributed by atoms with Crippen molar-refractivity contribution in [3.05, 3.63) is 162 Å². The van der Waals surface area contributed by atoms with Gasteiger partial charge in [0.05, 0.1) is 5.69 Å². The highest BCUT2D eigenvalue weighted by Crippen LogP contribution is 2.52. The summed E-state index contributed by atoms with van der Waals surface area (Å²) in [6.45, 7) is 27.9. The van der Waals surface area contributed by atoms with Crippen LogP contribution in [0.2, 0.25) is 0 Å². The van der Waals surface area contributed by atoms with Crippen molar-refractivity contribution in [2.75, 3.05) is 9.71 Å². The first kappa shape index (κ1) is 40.5. The molecule has 4 heteroatoms. The van der Waals surface area contributed by atoms with Crippen molar-refractivity contribution in [3.63, 3.8) is 0 Å². The van der Waals surface area contributed by atoms with E-state index in [1.165, 1.54) is 104 Å². The van der Waals surface area contributed by atoms with Gasteiger partial charge in [0.2, 0.25) is 0 Å². The molecule has 0 amide bonds. The summed E-state index contributed by atoms with van der Waals surface area (Å²) < 4.78 is 2.65. The molecule has 2 aliphatic rings. The molecule has 0 bridgehead atoms. The van der Waals surface area contributed by atoms with Gasteiger partial charge in [-0.25, -0.2) is 0 Å². The molecule has 7 aromatic carbocycles. The lowest BCUT2D eigenvalue weighted by atomic mass is 9.43. The third kappa shape index (κ3) is 6.60. The van der Waals surface area contributed by atoms with Gasteiger partial charge in [0.15, 0.2) is 0 Å². The number of benzene rings is 7. The number of rotatable bonds is 3. The predicted octanol–water partition coefficient (Wildman–Crippen LogP) is 15.6. The Bertz CT molecular complexity index is 3050. The Hall–Kier alpha value is -5.58. The summed E-state index contributed by atoms with van der Waals surface area (Å²) in [6.07, 6.45) is 0. The first-order chi connectivity index (χ1) is 29.3. The molecule has 0 radical (unpaired) electrons. The minimum absolute atomic E-state index is 0.0152. The zero-order valence-corrected chi connectivity index (χ0v) is 39.5. The summed E-state index contributed by atoms with van der Waals surface area (Å²) >= 11 is 1.91. The minimum Gasteiger partial charge on any atom is -0.376 e. The quantitative estimate of drug-likeness (QED) is 0.164. The Kier molecular flexibility index (Phi) is 9.12. The van der Waals surface area contributed by atoms with Gasteiger partial charge < -0.3 is 9.71 Å². The molecule has 0 saturated carbocycles. The van der Waals surface area contributed by atoms with Crippen LogP contribution in [0.4, 0.5) is 28.4 Å². The van der Waals surface area contributed by atoms with E-state index in [-0.39, 0.29) is 28.5 Å². The van der Waals surface area contributed by atoms with E-state index in [0.29, 0.717) is 0 Å². The lowest BCUT2D eigenvalue weighted by molar-refractivity contribution is 0.589. The maximum absolute atomic E-state index is 2.69. The van der Waals surface area contributed by atoms with E-state index in [9.17, 15) is 0 Å². The number of thiophene rings is 1. The molecule has 0 N–H and O–H groups in total. The standard InChI is InChI=1S/C58H59BN2S/c1-55(2,3)37-22-26-41(27-23-37)61-49-32-39(57(7,8)9)24-28-42(49)46-31-40(58(10,11)12)33-51-54(46)59(61)47-35-53-45(43-20-16-17-21-52(43)62-53)34-50(47)60(51)48-29-25-38(56(4,5)6)30-44(48)36-18-14-13-15-19-36/h13-35H,1-12H3. The van der Waals surface area contributed by atoms with Crippen LogP contribution >= 0.6 is 11.3 Å². The second-order valence-electron chi connectivity index (χ2n) is 21.9. The van der Waals surface area contributed by atoms with Crippen molar-refractivity contribution in [3.8, 4) is 22.3 Å². The highest BCUT2D eigenvalue weighted by molar-refractivity contribution is 7.26. The normalized spacial score (nSPS) is 14.0. The molecule has 10 rings (SSSR count). The van der Waals surface area contributed by atoms with Crippen LogP contribution in [0.1, 0.15) is 105 Å². The number of hydrogen-bond donors (Lipinski definition) is 0. The fourth-order valence-electron chi connectivity index (χ4n) is 9.79. The predicted molar refractivity (Wildman–Crippen MR) is 273 cm³/mol. The lowest BCUT2D eigenvalue weighted by Gasteiger charge is -2.47. The van der Waals surface area contributed by atoms with Crippen LogP contribution in [0.15, 0.2) is 140 Å². The van der Waals surface area contributed by atoms with E-state index in [1.54, 1.807) is 0 Å². The Morgan fingerprint density at radius 3 is 1.66 bits per heavy atom. The summed E-state index contributed by atoms with van der Waals surface area (Å²) in [7, 11) is 0. The van der Waals surface area contributed by atoms with Crippen LogP contribution in [0.25, 0.3) is 42.4 Å². The third-order valence-electron chi connectivity index (χ3n) is 13.5. The van der Waals surface area contributed by atoms with Crippen LogP contribution in [-0.4, -0.2) is 6.85 Å². The maximum atomic E-state index is 2.69. The SMILES string of the molecule is CC(C)(C)c1ccc(N2B3c4cc5sc6ccccc6c5cc4N(c4ccc(C(C)(C)C)cc4-c4ccccc4)c4cc(C(C)(C)C)cc(c43)-c3ccc(C(C)(C)C)cc32)cc1. The van der Waals surface area contributed by atoms with E-state index in [2.05, 4.69) is 232 Å². The Morgan fingerprint density at radius 1 is 0.403 bits per heavy atom. The van der Waals surface area contributed by atoms with Gasteiger partial charge in [-0.15, -0.1) is 11.3 Å². The Balaban J connectivity index is 1.37. The molecule has 0 unspecified atom stereocenters. The smallest absolute Gasteiger partial charge is 0.333 e. The molecule has 0 saturated heterocycles. The van der Waals surface area contributed by atoms with Gasteiger partial charge in [0.25, 0.3) is 0 Å². The molecular formula is C58H59BN2S. The molecule has 8 aromatic rings. The molecule has 3 heterocycles. The molecule has 0 atom stereocenters. The maximum Gasteiger partial charge on any atom is 0.333 e. The number of fused-ring (bicyclic) bond motifs is 7. The van der Waals surface area contributed by atoms with Gasteiger partial charge in [0, 0.05) is 54.0 Å². The van der Waals surface area contributed by atoms with Crippen molar-refractivity contribution in [2.45, 2.75) is 105 Å². The van der Waals surface area contributed by atoms with E-state index in [0.717, 1.165) is 0 Å². The van der Waals surface area contributed by atoms with E-state index in [4.69, 9.17) is 0 Å². The third-order valence-corrected chi connectivity index (χ3v) is 14.6. The minimum atomic E-state index is -0.0930. The Labute approximate surface area is 374 Å². The zero-order valence-electron chi connectivity index (χ0n) is 38.7. The second-order valence-corrected chi connectivity index (χ2v) is 23.0. The molecule has 0 fully saturated rings. The number of nitrogens with zero attached hydrogens (tertiary/aromatic N) is 2. The Morgan fingerprint density at radius 2 is 0.984 bits per heavy atom. The molecule has 62 heavy (non-hydrogen) atoms. The van der Waals surface area contributed by atoms with E-state index < -0.39 is 0 Å². The topological polar surface area (TPSA) is 6.48 Å². The summed E-state index contributed by atoms with van der Waals surface area (Å²) in [5, 5.41) is 2.62. The first-order valence-electron chi connectivity index (χ1n) is 22.5. The van der Waals surface area contributed by atoms with Crippen LogP contribution < -0.4 is 20.6 Å². The van der Waals surface area contributed by atoms with Crippen molar-refractivity contribution in [1.29, 1.82) is 0 Å². The molecule has 1 aromatic heterocycles. The van der Waals surface area contributed by atoms with Crippen LogP contribution in [0.3, 0.4) is 0 Å². The largest absolute Gasteiger partial charge is 0.376 e. The fourth-order valence-corrected chi connectivity index (χ4v) is 10.9. The summed E-state index contributed by atoms with van der Waals surface area (Å²) in [4.78, 5) is 5.34. The van der Waals surface area contributed by atoms with Crippen LogP contribution in [0.5, 0.6) is 0 Å². The second kappa shape index (κ2) is 14.0. The molecule has 310 valence electrons. The van der Waals surface area contributed by atoms with Crippen LogP contribution in [0, 0.1) is 0 Å². The average molecular weight is 827 g/mol. The van der Waals surface area contributed by atoms with Crippen molar-refractivity contribution in [1.82, 2.24) is 0 Å². The van der Waals surface area contributed by atoms with Gasteiger partial charge >= 0.3 is 6.85 Å². The molecule has 0 aliphatic carbocycles. The van der Waals surface area contributed by atoms with Crippen LogP contribution in [-0.2, 0) is 21.7 Å². The molecular weight excluding hydrogens is 768 g/mol. The average Bonchev–Trinajstić information content (AvgIpc) is 3.59. The fraction of sp³-hybridized carbons (Fsp3) is 0.276. The van der Waals surface area contributed by atoms with Gasteiger partial charge in [0.1, 0.15) is 0 Å². The summed E-state index contributed by atoms with van der Waals surface area (Å²) in [6, 6.07) is 54.2. The van der Waals surface area contributed by atoms with E-state index in [1.807, 2.05) is 11.3 Å². The molecule has 2 aliphatic heterocycles. The van der Waals surface area contributed by atoms with Crippen molar-refractivity contribution >= 4 is 77.7 Å². The van der Waals surface area contributed by atoms with Gasteiger partial charge in [-0.1, -0.05) is 168 Å². The zero-order chi connectivity index (χ0) is 43.7. The number of hydrogen-bond acceptors (Lipinski definition) is 3. The van der Waals surface area contributed by atoms with Crippen molar-refractivity contribution < 1.29 is 0 Å². The van der Waals surface area contributed by atoms with Gasteiger partial charge in [-0.3, -0.25) is 0 Å². The summed E-state index contributed by atoms with van der Waals surface area (Å²) in [5.74, 6) is 0. The lowest BCUT2D eigenvalue weighted by Crippen LogP contribution is -2.61. The van der Waals surface area contributed by atoms with E-state index >= 15 is 0 Å². The van der Waals surface area contributed by atoms with Gasteiger partial charge in [-0.05, 0) is 121 Å². The molecule has 0 spiro atoms. The highest BCUT2D eigenvalue weighted by atomic mass is 32.1. The highest BCUT2D eigenvalue weighted by Gasteiger charge is 2.46. The number of anilines is 5.